The molecule has 1 amide bonds. The van der Waals surface area contributed by atoms with E-state index >= 15 is 0 Å². The number of hydrogen-bond acceptors (Lipinski definition) is 2. The minimum Gasteiger partial charge on any atom is -0.344 e. The Hall–Kier alpha value is -1.87. The molecule has 0 fully saturated rings. The van der Waals surface area contributed by atoms with Crippen LogP contribution in [0.3, 0.4) is 0 Å². The van der Waals surface area contributed by atoms with Crippen molar-refractivity contribution in [3.05, 3.63) is 64.4 Å². The largest absolute Gasteiger partial charge is 0.344 e. The van der Waals surface area contributed by atoms with Crippen LogP contribution in [0.2, 0.25) is 5.15 Å². The third-order valence-electron chi connectivity index (χ3n) is 2.87. The minimum atomic E-state index is -0.226. The third kappa shape index (κ3) is 3.55. The fourth-order valence-electron chi connectivity index (χ4n) is 1.74. The average molecular weight is 275 g/mol. The first-order chi connectivity index (χ1) is 9.06. The molecule has 1 unspecified atom stereocenters. The van der Waals surface area contributed by atoms with Crippen LogP contribution in [0.4, 0.5) is 0 Å². The Balaban J connectivity index is 2.08. The zero-order valence-corrected chi connectivity index (χ0v) is 11.6. The van der Waals surface area contributed by atoms with Crippen molar-refractivity contribution in [2.75, 3.05) is 0 Å². The van der Waals surface area contributed by atoms with Gasteiger partial charge in [-0.25, -0.2) is 4.98 Å². The number of aryl methyl sites for hydroxylation is 1. The van der Waals surface area contributed by atoms with Gasteiger partial charge in [-0.05, 0) is 31.5 Å². The highest BCUT2D eigenvalue weighted by Gasteiger charge is 2.12. The van der Waals surface area contributed by atoms with Crippen LogP contribution in [0.15, 0.2) is 42.5 Å². The van der Waals surface area contributed by atoms with Crippen LogP contribution in [-0.4, -0.2) is 10.9 Å². The molecule has 98 valence electrons. The zero-order valence-electron chi connectivity index (χ0n) is 10.9. The summed E-state index contributed by atoms with van der Waals surface area (Å²) in [7, 11) is 0. The molecule has 1 aromatic heterocycles. The van der Waals surface area contributed by atoms with E-state index in [1.54, 1.807) is 18.2 Å². The summed E-state index contributed by atoms with van der Waals surface area (Å²) in [5, 5.41) is 3.21. The van der Waals surface area contributed by atoms with Crippen LogP contribution in [0.1, 0.15) is 34.6 Å². The third-order valence-corrected chi connectivity index (χ3v) is 3.08. The smallest absolute Gasteiger partial charge is 0.270 e. The van der Waals surface area contributed by atoms with E-state index in [0.29, 0.717) is 10.8 Å². The molecule has 0 aliphatic heterocycles. The van der Waals surface area contributed by atoms with Gasteiger partial charge in [0.25, 0.3) is 5.91 Å². The van der Waals surface area contributed by atoms with Crippen LogP contribution < -0.4 is 5.32 Å². The molecule has 0 bridgehead atoms. The topological polar surface area (TPSA) is 42.0 Å². The summed E-state index contributed by atoms with van der Waals surface area (Å²) in [6, 6.07) is 13.0. The van der Waals surface area contributed by atoms with E-state index in [9.17, 15) is 4.79 Å². The Labute approximate surface area is 117 Å². The number of rotatable bonds is 3. The van der Waals surface area contributed by atoms with Gasteiger partial charge in [0, 0.05) is 0 Å². The number of amides is 1. The predicted octanol–water partition coefficient (Wildman–Crippen LogP) is 3.53. The maximum atomic E-state index is 12.0. The first-order valence-corrected chi connectivity index (χ1v) is 6.44. The highest BCUT2D eigenvalue weighted by Crippen LogP contribution is 2.14. The van der Waals surface area contributed by atoms with Gasteiger partial charge < -0.3 is 5.32 Å². The maximum absolute atomic E-state index is 12.0. The maximum Gasteiger partial charge on any atom is 0.270 e. The van der Waals surface area contributed by atoms with Crippen molar-refractivity contribution < 1.29 is 4.79 Å². The predicted molar refractivity (Wildman–Crippen MR) is 76.3 cm³/mol. The molecule has 1 N–H and O–H groups in total. The van der Waals surface area contributed by atoms with Crippen LogP contribution in [0, 0.1) is 6.92 Å². The van der Waals surface area contributed by atoms with Crippen molar-refractivity contribution in [3.8, 4) is 0 Å². The quantitative estimate of drug-likeness (QED) is 0.870. The van der Waals surface area contributed by atoms with Gasteiger partial charge in [-0.1, -0.05) is 47.5 Å². The number of nitrogens with one attached hydrogen (secondary N) is 1. The van der Waals surface area contributed by atoms with Crippen LogP contribution in [0.25, 0.3) is 0 Å². The van der Waals surface area contributed by atoms with Crippen LogP contribution in [0.5, 0.6) is 0 Å². The van der Waals surface area contributed by atoms with Gasteiger partial charge in [0.05, 0.1) is 6.04 Å². The average Bonchev–Trinajstić information content (AvgIpc) is 2.39. The first kappa shape index (κ1) is 13.6. The van der Waals surface area contributed by atoms with Gasteiger partial charge in [-0.3, -0.25) is 4.79 Å². The van der Waals surface area contributed by atoms with E-state index in [1.165, 1.54) is 5.56 Å². The molecule has 1 heterocycles. The van der Waals surface area contributed by atoms with Crippen LogP contribution in [-0.2, 0) is 0 Å². The van der Waals surface area contributed by atoms with Gasteiger partial charge in [0.1, 0.15) is 10.8 Å². The molecule has 0 aliphatic carbocycles. The number of pyridine rings is 1. The molecule has 1 aromatic carbocycles. The normalized spacial score (nSPS) is 11.9. The Morgan fingerprint density at radius 1 is 1.21 bits per heavy atom. The standard InChI is InChI=1S/C15H15ClN2O/c1-10-6-8-12(9-7-10)11(2)17-15(19)13-4-3-5-14(16)18-13/h3-9,11H,1-2H3,(H,17,19). The molecular weight excluding hydrogens is 260 g/mol. The summed E-state index contributed by atoms with van der Waals surface area (Å²) in [6.07, 6.45) is 0. The molecule has 2 rings (SSSR count). The molecule has 2 aromatic rings. The lowest BCUT2D eigenvalue weighted by molar-refractivity contribution is 0.0935. The second-order valence-electron chi connectivity index (χ2n) is 4.45. The molecule has 0 radical (unpaired) electrons. The van der Waals surface area contributed by atoms with Crippen molar-refractivity contribution in [1.29, 1.82) is 0 Å². The number of carbonyl (C=O) groups excluding carboxylic acids is 1. The molecular formula is C15H15ClN2O. The molecule has 19 heavy (non-hydrogen) atoms. The second-order valence-corrected chi connectivity index (χ2v) is 4.84. The number of benzene rings is 1. The Morgan fingerprint density at radius 3 is 2.53 bits per heavy atom. The van der Waals surface area contributed by atoms with E-state index in [4.69, 9.17) is 11.6 Å². The van der Waals surface area contributed by atoms with Gasteiger partial charge in [-0.2, -0.15) is 0 Å². The number of carbonyl (C=O) groups is 1. The number of halogens is 1. The summed E-state index contributed by atoms with van der Waals surface area (Å²) in [5.41, 5.74) is 2.58. The molecule has 3 nitrogen and oxygen atoms in total. The minimum absolute atomic E-state index is 0.0751. The molecule has 0 saturated carbocycles. The highest BCUT2D eigenvalue weighted by molar-refractivity contribution is 6.29. The van der Waals surface area contributed by atoms with E-state index in [2.05, 4.69) is 10.3 Å². The van der Waals surface area contributed by atoms with Crippen LogP contribution >= 0.6 is 11.6 Å². The van der Waals surface area contributed by atoms with E-state index in [0.717, 1.165) is 5.56 Å². The summed E-state index contributed by atoms with van der Waals surface area (Å²) >= 11 is 5.77. The summed E-state index contributed by atoms with van der Waals surface area (Å²) in [4.78, 5) is 16.0. The molecule has 4 heteroatoms. The Kier molecular flexibility index (Phi) is 4.17. The highest BCUT2D eigenvalue weighted by atomic mass is 35.5. The fraction of sp³-hybridized carbons (Fsp3) is 0.200. The second kappa shape index (κ2) is 5.85. The van der Waals surface area contributed by atoms with Gasteiger partial charge >= 0.3 is 0 Å². The lowest BCUT2D eigenvalue weighted by Crippen LogP contribution is -2.27. The SMILES string of the molecule is Cc1ccc(C(C)NC(=O)c2cccc(Cl)n2)cc1. The van der Waals surface area contributed by atoms with Crippen molar-refractivity contribution in [2.24, 2.45) is 0 Å². The van der Waals surface area contributed by atoms with E-state index in [-0.39, 0.29) is 11.9 Å². The lowest BCUT2D eigenvalue weighted by Gasteiger charge is -2.14. The fourth-order valence-corrected chi connectivity index (χ4v) is 1.91. The zero-order chi connectivity index (χ0) is 13.8. The molecule has 0 saturated heterocycles. The lowest BCUT2D eigenvalue weighted by atomic mass is 10.1. The van der Waals surface area contributed by atoms with Crippen molar-refractivity contribution in [3.63, 3.8) is 0 Å². The van der Waals surface area contributed by atoms with Crippen molar-refractivity contribution >= 4 is 17.5 Å². The Morgan fingerprint density at radius 2 is 1.89 bits per heavy atom. The van der Waals surface area contributed by atoms with Crippen molar-refractivity contribution in [2.45, 2.75) is 19.9 Å². The first-order valence-electron chi connectivity index (χ1n) is 6.06. The van der Waals surface area contributed by atoms with Crippen molar-refractivity contribution in [1.82, 2.24) is 10.3 Å². The molecule has 0 aliphatic rings. The van der Waals surface area contributed by atoms with Gasteiger partial charge in [0.2, 0.25) is 0 Å². The summed E-state index contributed by atoms with van der Waals surface area (Å²) < 4.78 is 0. The molecule has 0 spiro atoms. The monoisotopic (exact) mass is 274 g/mol. The number of nitrogens with zero attached hydrogens (tertiary/aromatic N) is 1. The summed E-state index contributed by atoms with van der Waals surface area (Å²) in [5.74, 6) is -0.226. The summed E-state index contributed by atoms with van der Waals surface area (Å²) in [6.45, 7) is 3.97. The van der Waals surface area contributed by atoms with E-state index < -0.39 is 0 Å². The molecule has 1 atom stereocenters. The van der Waals surface area contributed by atoms with E-state index in [1.807, 2.05) is 38.1 Å². The number of aromatic nitrogens is 1. The number of hydrogen-bond donors (Lipinski definition) is 1. The Bertz CT molecular complexity index is 581. The van der Waals surface area contributed by atoms with Gasteiger partial charge in [0.15, 0.2) is 0 Å². The van der Waals surface area contributed by atoms with Gasteiger partial charge in [-0.15, -0.1) is 0 Å².